The van der Waals surface area contributed by atoms with Gasteiger partial charge in [0, 0.05) is 6.20 Å². The predicted octanol–water partition coefficient (Wildman–Crippen LogP) is 0.281. The van der Waals surface area contributed by atoms with Gasteiger partial charge >= 0.3 is 6.18 Å². The van der Waals surface area contributed by atoms with Crippen molar-refractivity contribution in [2.24, 2.45) is 0 Å². The lowest BCUT2D eigenvalue weighted by molar-refractivity contribution is -0.145. The van der Waals surface area contributed by atoms with Crippen LogP contribution in [0.1, 0.15) is 11.4 Å². The van der Waals surface area contributed by atoms with E-state index in [2.05, 4.69) is 4.98 Å². The Morgan fingerprint density at radius 2 is 2.15 bits per heavy atom. The Kier molecular flexibility index (Phi) is 2.37. The number of aliphatic hydroxyl groups excluding tert-OH is 1. The van der Waals surface area contributed by atoms with Crippen LogP contribution in [0.3, 0.4) is 0 Å². The van der Waals surface area contributed by atoms with Gasteiger partial charge in [-0.15, -0.1) is 0 Å². The quantitative estimate of drug-likeness (QED) is 0.674. The van der Waals surface area contributed by atoms with Crippen molar-refractivity contribution in [2.75, 3.05) is 0 Å². The monoisotopic (exact) mass is 194 g/mol. The lowest BCUT2D eigenvalue weighted by Crippen LogP contribution is -2.21. The smallest absolute Gasteiger partial charge is 0.391 e. The molecule has 0 bridgehead atoms. The number of hydrogen-bond donors (Lipinski definition) is 2. The highest BCUT2D eigenvalue weighted by Gasteiger charge is 2.33. The van der Waals surface area contributed by atoms with Gasteiger partial charge in [-0.3, -0.25) is 4.79 Å². The molecule has 0 aliphatic heterocycles. The summed E-state index contributed by atoms with van der Waals surface area (Å²) in [6, 6.07) is 0. The van der Waals surface area contributed by atoms with Crippen molar-refractivity contribution in [3.05, 3.63) is 27.9 Å². The van der Waals surface area contributed by atoms with Crippen molar-refractivity contribution in [3.63, 3.8) is 0 Å². The number of rotatable bonds is 1. The fourth-order valence-electron chi connectivity index (χ4n) is 0.678. The van der Waals surface area contributed by atoms with Gasteiger partial charge in [-0.2, -0.15) is 13.2 Å². The Morgan fingerprint density at radius 1 is 1.54 bits per heavy atom. The van der Waals surface area contributed by atoms with E-state index in [-0.39, 0.29) is 5.56 Å². The zero-order valence-corrected chi connectivity index (χ0v) is 6.22. The van der Waals surface area contributed by atoms with Gasteiger partial charge in [0.2, 0.25) is 5.82 Å². The molecular formula is C6H5F3N2O2. The van der Waals surface area contributed by atoms with Crippen LogP contribution in [0.4, 0.5) is 13.2 Å². The first-order valence-electron chi connectivity index (χ1n) is 3.21. The maximum atomic E-state index is 11.9. The molecule has 0 aliphatic carbocycles. The zero-order chi connectivity index (χ0) is 10.1. The van der Waals surface area contributed by atoms with E-state index in [0.717, 1.165) is 0 Å². The van der Waals surface area contributed by atoms with Crippen molar-refractivity contribution in [1.29, 1.82) is 0 Å². The van der Waals surface area contributed by atoms with Crippen LogP contribution in [-0.4, -0.2) is 15.1 Å². The normalized spacial score (nSPS) is 11.7. The number of nitrogens with zero attached hydrogens (tertiary/aromatic N) is 1. The molecule has 0 unspecified atom stereocenters. The number of H-pyrrole nitrogens is 1. The highest BCUT2D eigenvalue weighted by atomic mass is 19.4. The van der Waals surface area contributed by atoms with Gasteiger partial charge < -0.3 is 10.1 Å². The molecule has 0 aliphatic rings. The lowest BCUT2D eigenvalue weighted by atomic mass is 10.3. The third kappa shape index (κ3) is 2.05. The average molecular weight is 194 g/mol. The van der Waals surface area contributed by atoms with E-state index in [9.17, 15) is 18.0 Å². The summed E-state index contributed by atoms with van der Waals surface area (Å²) in [6.45, 7) is -0.638. The third-order valence-electron chi connectivity index (χ3n) is 1.31. The number of halogens is 3. The summed E-state index contributed by atoms with van der Waals surface area (Å²) in [4.78, 5) is 15.2. The molecule has 72 valence electrons. The van der Waals surface area contributed by atoms with E-state index in [1.54, 1.807) is 0 Å². The van der Waals surface area contributed by atoms with Crippen LogP contribution in [0, 0.1) is 0 Å². The van der Waals surface area contributed by atoms with Crippen LogP contribution >= 0.6 is 0 Å². The number of aliphatic hydroxyl groups is 1. The molecule has 1 heterocycles. The summed E-state index contributed by atoms with van der Waals surface area (Å²) in [5.41, 5.74) is -1.18. The second-order valence-electron chi connectivity index (χ2n) is 2.24. The standard InChI is InChI=1S/C6H5F3N2O2/c7-6(8,9)5-10-1-3(2-12)4(13)11-5/h1,12H,2H2,(H,10,11,13). The van der Waals surface area contributed by atoms with Crippen LogP contribution in [0.2, 0.25) is 0 Å². The minimum Gasteiger partial charge on any atom is -0.391 e. The Balaban J connectivity index is 3.18. The van der Waals surface area contributed by atoms with E-state index in [4.69, 9.17) is 5.11 Å². The van der Waals surface area contributed by atoms with Crippen LogP contribution in [0.25, 0.3) is 0 Å². The third-order valence-corrected chi connectivity index (χ3v) is 1.31. The summed E-state index contributed by atoms with van der Waals surface area (Å²) in [5.74, 6) is -1.37. The second kappa shape index (κ2) is 3.17. The molecule has 0 atom stereocenters. The van der Waals surface area contributed by atoms with E-state index < -0.39 is 24.2 Å². The van der Waals surface area contributed by atoms with E-state index in [1.807, 2.05) is 0 Å². The minimum absolute atomic E-state index is 0.201. The van der Waals surface area contributed by atoms with Crippen LogP contribution in [0.5, 0.6) is 0 Å². The van der Waals surface area contributed by atoms with Crippen LogP contribution in [-0.2, 0) is 12.8 Å². The molecule has 0 fully saturated rings. The first-order valence-corrected chi connectivity index (χ1v) is 3.21. The van der Waals surface area contributed by atoms with Gasteiger partial charge in [0.25, 0.3) is 5.56 Å². The first kappa shape index (κ1) is 9.72. The Morgan fingerprint density at radius 3 is 2.54 bits per heavy atom. The van der Waals surface area contributed by atoms with Gasteiger partial charge in [-0.05, 0) is 0 Å². The predicted molar refractivity (Wildman–Crippen MR) is 35.8 cm³/mol. The molecule has 0 saturated carbocycles. The number of aromatic amines is 1. The molecular weight excluding hydrogens is 189 g/mol. The van der Waals surface area contributed by atoms with Crippen LogP contribution < -0.4 is 5.56 Å². The Hall–Kier alpha value is -1.37. The fraction of sp³-hybridized carbons (Fsp3) is 0.333. The SMILES string of the molecule is O=c1[nH]c(C(F)(F)F)ncc1CO. The number of aromatic nitrogens is 2. The van der Waals surface area contributed by atoms with Crippen molar-refractivity contribution < 1.29 is 18.3 Å². The average Bonchev–Trinajstić information content (AvgIpc) is 2.02. The van der Waals surface area contributed by atoms with Crippen LogP contribution in [0.15, 0.2) is 11.0 Å². The molecule has 0 saturated heterocycles. The fourth-order valence-corrected chi connectivity index (χ4v) is 0.678. The molecule has 1 aromatic heterocycles. The molecule has 7 heteroatoms. The van der Waals surface area contributed by atoms with E-state index >= 15 is 0 Å². The minimum atomic E-state index is -4.67. The van der Waals surface area contributed by atoms with Crippen molar-refractivity contribution in [1.82, 2.24) is 9.97 Å². The molecule has 0 spiro atoms. The van der Waals surface area contributed by atoms with E-state index in [0.29, 0.717) is 6.20 Å². The van der Waals surface area contributed by atoms with E-state index in [1.165, 1.54) is 4.98 Å². The molecule has 0 radical (unpaired) electrons. The largest absolute Gasteiger partial charge is 0.449 e. The second-order valence-corrected chi connectivity index (χ2v) is 2.24. The Labute approximate surface area is 70.1 Å². The van der Waals surface area contributed by atoms with Gasteiger partial charge in [0.15, 0.2) is 0 Å². The van der Waals surface area contributed by atoms with Crippen molar-refractivity contribution in [3.8, 4) is 0 Å². The summed E-state index contributed by atoms with van der Waals surface area (Å²) < 4.78 is 35.7. The number of hydrogen-bond acceptors (Lipinski definition) is 3. The topological polar surface area (TPSA) is 66.0 Å². The number of alkyl halides is 3. The van der Waals surface area contributed by atoms with Crippen molar-refractivity contribution >= 4 is 0 Å². The molecule has 1 rings (SSSR count). The molecule has 0 aromatic carbocycles. The van der Waals surface area contributed by atoms with Gasteiger partial charge in [-0.25, -0.2) is 4.98 Å². The molecule has 13 heavy (non-hydrogen) atoms. The summed E-state index contributed by atoms with van der Waals surface area (Å²) in [6.07, 6.45) is -3.98. The highest BCUT2D eigenvalue weighted by Crippen LogP contribution is 2.24. The molecule has 4 nitrogen and oxygen atoms in total. The summed E-state index contributed by atoms with van der Waals surface area (Å²) >= 11 is 0. The summed E-state index contributed by atoms with van der Waals surface area (Å²) in [7, 11) is 0. The first-order chi connectivity index (χ1) is 5.95. The molecule has 1 aromatic rings. The van der Waals surface area contributed by atoms with Crippen molar-refractivity contribution in [2.45, 2.75) is 12.8 Å². The van der Waals surface area contributed by atoms with Gasteiger partial charge in [0.05, 0.1) is 12.2 Å². The number of nitrogens with one attached hydrogen (secondary N) is 1. The lowest BCUT2D eigenvalue weighted by Gasteiger charge is -2.04. The summed E-state index contributed by atoms with van der Waals surface area (Å²) in [5, 5.41) is 8.47. The highest BCUT2D eigenvalue weighted by molar-refractivity contribution is 5.05. The zero-order valence-electron chi connectivity index (χ0n) is 6.22. The molecule has 0 amide bonds. The molecule has 2 N–H and O–H groups in total. The maximum Gasteiger partial charge on any atom is 0.449 e. The van der Waals surface area contributed by atoms with Gasteiger partial charge in [0.1, 0.15) is 0 Å². The Bertz CT molecular complexity index is 358. The van der Waals surface area contributed by atoms with Gasteiger partial charge in [-0.1, -0.05) is 0 Å². The maximum absolute atomic E-state index is 11.9.